The van der Waals surface area contributed by atoms with Crippen molar-refractivity contribution >= 4 is 5.91 Å². The summed E-state index contributed by atoms with van der Waals surface area (Å²) in [5, 5.41) is 3.10. The first-order valence-electron chi connectivity index (χ1n) is 8.91. The van der Waals surface area contributed by atoms with Gasteiger partial charge in [0.05, 0.1) is 13.1 Å². The maximum atomic E-state index is 12.3. The zero-order valence-corrected chi connectivity index (χ0v) is 14.4. The van der Waals surface area contributed by atoms with E-state index < -0.39 is 0 Å². The van der Waals surface area contributed by atoms with E-state index >= 15 is 0 Å². The number of hydrogen-bond acceptors (Lipinski definition) is 2. The molecule has 0 unspecified atom stereocenters. The molecule has 0 spiro atoms. The first kappa shape index (κ1) is 16.8. The molecule has 0 saturated carbocycles. The van der Waals surface area contributed by atoms with Gasteiger partial charge in [-0.1, -0.05) is 30.3 Å². The van der Waals surface area contributed by atoms with Crippen LogP contribution in [0.5, 0.6) is 0 Å². The Labute approximate surface area is 143 Å². The molecule has 2 aromatic rings. The minimum atomic E-state index is 0.169. The van der Waals surface area contributed by atoms with E-state index in [2.05, 4.69) is 23.5 Å². The fraction of sp³-hybridized carbons (Fsp3) is 0.450. The van der Waals surface area contributed by atoms with E-state index in [0.717, 1.165) is 57.0 Å². The molecule has 1 aliphatic heterocycles. The molecule has 2 heterocycles. The normalized spacial score (nSPS) is 20.7. The number of hydrogen-bond donors (Lipinski definition) is 2. The van der Waals surface area contributed by atoms with Crippen LogP contribution in [0.2, 0.25) is 0 Å². The lowest BCUT2D eigenvalue weighted by Gasteiger charge is -2.28. The van der Waals surface area contributed by atoms with Gasteiger partial charge in [0.2, 0.25) is 5.91 Å². The molecule has 2 N–H and O–H groups in total. The Bertz CT molecular complexity index is 643. The molecule has 0 radical (unpaired) electrons. The number of rotatable bonds is 6. The fourth-order valence-electron chi connectivity index (χ4n) is 3.41. The van der Waals surface area contributed by atoms with Crippen molar-refractivity contribution in [2.45, 2.75) is 32.7 Å². The molecular weight excluding hydrogens is 300 g/mol. The fourth-order valence-corrected chi connectivity index (χ4v) is 3.41. The summed E-state index contributed by atoms with van der Waals surface area (Å²) < 4.78 is 5.66. The van der Waals surface area contributed by atoms with E-state index in [0.29, 0.717) is 0 Å². The van der Waals surface area contributed by atoms with Gasteiger partial charge in [-0.2, -0.15) is 0 Å². The van der Waals surface area contributed by atoms with E-state index in [4.69, 9.17) is 4.42 Å². The zero-order chi connectivity index (χ0) is 16.8. The summed E-state index contributed by atoms with van der Waals surface area (Å²) >= 11 is 0. The number of piperidine rings is 1. The second-order valence-corrected chi connectivity index (χ2v) is 6.74. The van der Waals surface area contributed by atoms with Gasteiger partial charge < -0.3 is 14.6 Å². The lowest BCUT2D eigenvalue weighted by molar-refractivity contribution is -0.920. The van der Waals surface area contributed by atoms with Crippen LogP contribution in [-0.2, 0) is 17.8 Å². The van der Waals surface area contributed by atoms with Gasteiger partial charge in [0.1, 0.15) is 12.3 Å². The van der Waals surface area contributed by atoms with Crippen LogP contribution in [0.4, 0.5) is 0 Å². The molecule has 1 saturated heterocycles. The third-order valence-corrected chi connectivity index (χ3v) is 4.84. The summed E-state index contributed by atoms with van der Waals surface area (Å²) in [6.45, 7) is 5.70. The average Bonchev–Trinajstić information content (AvgIpc) is 3.01. The summed E-state index contributed by atoms with van der Waals surface area (Å²) in [6.07, 6.45) is 2.83. The van der Waals surface area contributed by atoms with Crippen molar-refractivity contribution in [3.8, 4) is 0 Å². The average molecular weight is 327 g/mol. The first-order chi connectivity index (χ1) is 11.7. The Kier molecular flexibility index (Phi) is 5.70. The molecule has 128 valence electrons. The Balaban J connectivity index is 1.37. The number of quaternary nitrogens is 1. The number of amides is 1. The van der Waals surface area contributed by atoms with Crippen molar-refractivity contribution in [2.24, 2.45) is 5.92 Å². The molecule has 0 aliphatic carbocycles. The third kappa shape index (κ3) is 4.71. The smallest absolute Gasteiger partial charge is 0.223 e. The maximum absolute atomic E-state index is 12.3. The standard InChI is InChI=1S/C20H26N2O2/c1-16-7-8-19(24-16)15-22-13-10-18(11-14-22)20(23)21-12-9-17-5-3-2-4-6-17/h2-8,18H,9-15H2,1H3,(H,21,23)/p+1. The Morgan fingerprint density at radius 2 is 1.92 bits per heavy atom. The largest absolute Gasteiger partial charge is 0.460 e. The van der Waals surface area contributed by atoms with Gasteiger partial charge in [0, 0.05) is 25.3 Å². The van der Waals surface area contributed by atoms with E-state index in [9.17, 15) is 4.79 Å². The molecule has 3 rings (SSSR count). The lowest BCUT2D eigenvalue weighted by atomic mass is 9.95. The van der Waals surface area contributed by atoms with E-state index in [1.54, 1.807) is 0 Å². The van der Waals surface area contributed by atoms with Crippen molar-refractivity contribution in [1.29, 1.82) is 0 Å². The Hall–Kier alpha value is -2.07. The number of aryl methyl sites for hydroxylation is 1. The number of carbonyl (C=O) groups excluding carboxylic acids is 1. The Morgan fingerprint density at radius 3 is 2.58 bits per heavy atom. The number of nitrogens with one attached hydrogen (secondary N) is 2. The maximum Gasteiger partial charge on any atom is 0.223 e. The molecule has 1 aliphatic rings. The minimum Gasteiger partial charge on any atom is -0.460 e. The van der Waals surface area contributed by atoms with Gasteiger partial charge in [-0.15, -0.1) is 0 Å². The molecule has 0 bridgehead atoms. The molecule has 4 heteroatoms. The summed E-state index contributed by atoms with van der Waals surface area (Å²) in [5.74, 6) is 2.41. The molecule has 1 aromatic heterocycles. The van der Waals surface area contributed by atoms with Crippen LogP contribution in [0, 0.1) is 12.8 Å². The highest BCUT2D eigenvalue weighted by molar-refractivity contribution is 5.78. The van der Waals surface area contributed by atoms with E-state index in [1.165, 1.54) is 10.5 Å². The van der Waals surface area contributed by atoms with Crippen LogP contribution in [0.3, 0.4) is 0 Å². The first-order valence-corrected chi connectivity index (χ1v) is 8.91. The lowest BCUT2D eigenvalue weighted by Crippen LogP contribution is -3.11. The molecule has 0 atom stereocenters. The van der Waals surface area contributed by atoms with Crippen LogP contribution in [0.15, 0.2) is 46.9 Å². The van der Waals surface area contributed by atoms with Gasteiger partial charge in [0.15, 0.2) is 5.76 Å². The molecule has 24 heavy (non-hydrogen) atoms. The predicted molar refractivity (Wildman–Crippen MR) is 93.7 cm³/mol. The van der Waals surface area contributed by atoms with Gasteiger partial charge in [-0.3, -0.25) is 4.79 Å². The van der Waals surface area contributed by atoms with E-state index in [-0.39, 0.29) is 11.8 Å². The second kappa shape index (κ2) is 8.15. The van der Waals surface area contributed by atoms with Gasteiger partial charge >= 0.3 is 0 Å². The zero-order valence-electron chi connectivity index (χ0n) is 14.4. The van der Waals surface area contributed by atoms with Crippen molar-refractivity contribution in [3.63, 3.8) is 0 Å². The monoisotopic (exact) mass is 327 g/mol. The second-order valence-electron chi connectivity index (χ2n) is 6.74. The highest BCUT2D eigenvalue weighted by atomic mass is 16.3. The van der Waals surface area contributed by atoms with Crippen LogP contribution >= 0.6 is 0 Å². The molecule has 1 aromatic carbocycles. The van der Waals surface area contributed by atoms with E-state index in [1.807, 2.05) is 31.2 Å². The van der Waals surface area contributed by atoms with Crippen molar-refractivity contribution in [1.82, 2.24) is 5.32 Å². The molecule has 4 nitrogen and oxygen atoms in total. The van der Waals surface area contributed by atoms with Gasteiger partial charge in [-0.25, -0.2) is 0 Å². The van der Waals surface area contributed by atoms with Crippen LogP contribution in [-0.4, -0.2) is 25.5 Å². The van der Waals surface area contributed by atoms with Crippen molar-refractivity contribution in [2.75, 3.05) is 19.6 Å². The summed E-state index contributed by atoms with van der Waals surface area (Å²) in [7, 11) is 0. The molecular formula is C20H27N2O2+. The van der Waals surface area contributed by atoms with Gasteiger partial charge in [-0.05, 0) is 31.0 Å². The van der Waals surface area contributed by atoms with Crippen LogP contribution in [0.1, 0.15) is 29.9 Å². The highest BCUT2D eigenvalue weighted by Crippen LogP contribution is 2.11. The summed E-state index contributed by atoms with van der Waals surface area (Å²) in [6, 6.07) is 14.4. The highest BCUT2D eigenvalue weighted by Gasteiger charge is 2.27. The SMILES string of the molecule is Cc1ccc(C[NH+]2CCC(C(=O)NCCc3ccccc3)CC2)o1. The third-order valence-electron chi connectivity index (χ3n) is 4.84. The number of furan rings is 1. The quantitative estimate of drug-likeness (QED) is 0.849. The molecule has 1 amide bonds. The predicted octanol–water partition coefficient (Wildman–Crippen LogP) is 1.74. The van der Waals surface area contributed by atoms with Crippen molar-refractivity contribution in [3.05, 3.63) is 59.5 Å². The van der Waals surface area contributed by atoms with Crippen LogP contribution in [0.25, 0.3) is 0 Å². The van der Waals surface area contributed by atoms with Crippen LogP contribution < -0.4 is 10.2 Å². The number of likely N-dealkylation sites (tertiary alicyclic amines) is 1. The summed E-state index contributed by atoms with van der Waals surface area (Å²) in [4.78, 5) is 13.8. The number of benzene rings is 1. The minimum absolute atomic E-state index is 0.169. The Morgan fingerprint density at radius 1 is 1.17 bits per heavy atom. The van der Waals surface area contributed by atoms with Crippen molar-refractivity contribution < 1.29 is 14.1 Å². The topological polar surface area (TPSA) is 46.7 Å². The van der Waals surface area contributed by atoms with Gasteiger partial charge in [0.25, 0.3) is 0 Å². The molecule has 1 fully saturated rings. The summed E-state index contributed by atoms with van der Waals surface area (Å²) in [5.41, 5.74) is 1.27. The number of carbonyl (C=O) groups is 1.